The summed E-state index contributed by atoms with van der Waals surface area (Å²) < 4.78 is 0. The van der Waals surface area contributed by atoms with Gasteiger partial charge >= 0.3 is 0 Å². The standard InChI is InChI=1S/C18H18N2O/c1-14-12-13-17(21)20(14)19-18(15-8-4-2-5-9-15)16-10-6-3-7-11-16/h2-11,14H,12-13H2,1H3. The minimum atomic E-state index is 0.104. The fraction of sp³-hybridized carbons (Fsp3) is 0.222. The van der Waals surface area contributed by atoms with Gasteiger partial charge < -0.3 is 0 Å². The lowest BCUT2D eigenvalue weighted by Gasteiger charge is -2.18. The van der Waals surface area contributed by atoms with Crippen LogP contribution in [0.2, 0.25) is 0 Å². The Morgan fingerprint density at radius 2 is 1.52 bits per heavy atom. The van der Waals surface area contributed by atoms with Crippen LogP contribution in [0.15, 0.2) is 65.8 Å². The van der Waals surface area contributed by atoms with E-state index in [1.807, 2.05) is 67.6 Å². The summed E-state index contributed by atoms with van der Waals surface area (Å²) in [6.07, 6.45) is 1.46. The first-order valence-corrected chi connectivity index (χ1v) is 7.27. The van der Waals surface area contributed by atoms with Crippen molar-refractivity contribution in [2.24, 2.45) is 5.10 Å². The SMILES string of the molecule is CC1CCC(=O)N1N=C(c1ccccc1)c1ccccc1. The van der Waals surface area contributed by atoms with Gasteiger partial charge in [0.2, 0.25) is 5.91 Å². The van der Waals surface area contributed by atoms with Gasteiger partial charge in [-0.2, -0.15) is 5.10 Å². The molecular formula is C18H18N2O. The van der Waals surface area contributed by atoms with Crippen molar-refractivity contribution in [1.29, 1.82) is 0 Å². The maximum Gasteiger partial charge on any atom is 0.243 e. The van der Waals surface area contributed by atoms with Crippen molar-refractivity contribution in [2.45, 2.75) is 25.8 Å². The van der Waals surface area contributed by atoms with E-state index in [1.54, 1.807) is 5.01 Å². The molecular weight excluding hydrogens is 260 g/mol. The molecule has 0 aliphatic carbocycles. The largest absolute Gasteiger partial charge is 0.273 e. The first-order chi connectivity index (χ1) is 10.3. The second kappa shape index (κ2) is 5.92. The van der Waals surface area contributed by atoms with E-state index in [1.165, 1.54) is 0 Å². The van der Waals surface area contributed by atoms with E-state index >= 15 is 0 Å². The average Bonchev–Trinajstić information content (AvgIpc) is 2.85. The summed E-state index contributed by atoms with van der Waals surface area (Å²) in [4.78, 5) is 12.0. The van der Waals surface area contributed by atoms with Gasteiger partial charge in [0, 0.05) is 17.5 Å². The van der Waals surface area contributed by atoms with Crippen molar-refractivity contribution in [2.75, 3.05) is 0 Å². The molecule has 0 N–H and O–H groups in total. The normalized spacial score (nSPS) is 17.9. The van der Waals surface area contributed by atoms with Crippen molar-refractivity contribution >= 4 is 11.6 Å². The molecule has 1 atom stereocenters. The number of hydrogen-bond acceptors (Lipinski definition) is 2. The Hall–Kier alpha value is -2.42. The monoisotopic (exact) mass is 278 g/mol. The van der Waals surface area contributed by atoms with Gasteiger partial charge in [0.15, 0.2) is 0 Å². The summed E-state index contributed by atoms with van der Waals surface area (Å²) in [6, 6.07) is 20.2. The number of benzene rings is 2. The average molecular weight is 278 g/mol. The number of hydrogen-bond donors (Lipinski definition) is 0. The minimum absolute atomic E-state index is 0.104. The van der Waals surface area contributed by atoms with E-state index in [0.717, 1.165) is 23.3 Å². The van der Waals surface area contributed by atoms with Gasteiger partial charge in [-0.15, -0.1) is 0 Å². The Kier molecular flexibility index (Phi) is 3.82. The number of nitrogens with zero attached hydrogens (tertiary/aromatic N) is 2. The van der Waals surface area contributed by atoms with Crippen LogP contribution in [0.1, 0.15) is 30.9 Å². The van der Waals surface area contributed by atoms with E-state index in [4.69, 9.17) is 0 Å². The molecule has 2 aromatic carbocycles. The summed E-state index contributed by atoms with van der Waals surface area (Å²) in [6.45, 7) is 2.04. The predicted octanol–water partition coefficient (Wildman–Crippen LogP) is 3.45. The number of hydrazone groups is 1. The van der Waals surface area contributed by atoms with Gasteiger partial charge in [0.05, 0.1) is 11.8 Å². The Bertz CT molecular complexity index is 608. The number of carbonyl (C=O) groups excluding carboxylic acids is 1. The highest BCUT2D eigenvalue weighted by molar-refractivity contribution is 6.13. The molecule has 3 heteroatoms. The zero-order valence-corrected chi connectivity index (χ0v) is 12.1. The summed E-state index contributed by atoms with van der Waals surface area (Å²) in [7, 11) is 0. The third kappa shape index (κ3) is 2.87. The van der Waals surface area contributed by atoms with Crippen LogP contribution in [-0.2, 0) is 4.79 Å². The fourth-order valence-corrected chi connectivity index (χ4v) is 2.55. The second-order valence-corrected chi connectivity index (χ2v) is 5.31. The highest BCUT2D eigenvalue weighted by Gasteiger charge is 2.28. The molecule has 3 rings (SSSR count). The molecule has 1 aliphatic rings. The predicted molar refractivity (Wildman–Crippen MR) is 84.1 cm³/mol. The van der Waals surface area contributed by atoms with Crippen molar-refractivity contribution in [3.63, 3.8) is 0 Å². The van der Waals surface area contributed by atoms with Crippen LogP contribution < -0.4 is 0 Å². The maximum atomic E-state index is 12.0. The molecule has 0 bridgehead atoms. The first-order valence-electron chi connectivity index (χ1n) is 7.27. The van der Waals surface area contributed by atoms with Crippen LogP contribution in [0.5, 0.6) is 0 Å². The topological polar surface area (TPSA) is 32.7 Å². The molecule has 21 heavy (non-hydrogen) atoms. The summed E-state index contributed by atoms with van der Waals surface area (Å²) in [5.74, 6) is 0.104. The van der Waals surface area contributed by atoms with Gasteiger partial charge in [0.1, 0.15) is 0 Å². The molecule has 0 radical (unpaired) electrons. The van der Waals surface area contributed by atoms with Crippen LogP contribution in [0, 0.1) is 0 Å². The molecule has 0 aromatic heterocycles. The molecule has 1 saturated heterocycles. The zero-order chi connectivity index (χ0) is 14.7. The molecule has 1 aliphatic heterocycles. The van der Waals surface area contributed by atoms with E-state index in [2.05, 4.69) is 5.10 Å². The maximum absolute atomic E-state index is 12.0. The van der Waals surface area contributed by atoms with Gasteiger partial charge in [0.25, 0.3) is 0 Å². The minimum Gasteiger partial charge on any atom is -0.273 e. The van der Waals surface area contributed by atoms with Crippen LogP contribution >= 0.6 is 0 Å². The molecule has 1 amide bonds. The summed E-state index contributed by atoms with van der Waals surface area (Å²) in [5.41, 5.74) is 2.89. The first kappa shape index (κ1) is 13.6. The fourth-order valence-electron chi connectivity index (χ4n) is 2.55. The van der Waals surface area contributed by atoms with Gasteiger partial charge in [-0.05, 0) is 13.3 Å². The molecule has 1 fully saturated rings. The third-order valence-electron chi connectivity index (χ3n) is 3.75. The van der Waals surface area contributed by atoms with Crippen LogP contribution in [-0.4, -0.2) is 22.7 Å². The Morgan fingerprint density at radius 1 is 1.00 bits per heavy atom. The van der Waals surface area contributed by atoms with E-state index in [0.29, 0.717) is 6.42 Å². The summed E-state index contributed by atoms with van der Waals surface area (Å²) in [5, 5.41) is 6.31. The van der Waals surface area contributed by atoms with Crippen molar-refractivity contribution in [1.82, 2.24) is 5.01 Å². The smallest absolute Gasteiger partial charge is 0.243 e. The van der Waals surface area contributed by atoms with Gasteiger partial charge in [-0.3, -0.25) is 4.79 Å². The Labute approximate surface area is 124 Å². The van der Waals surface area contributed by atoms with Crippen molar-refractivity contribution in [3.8, 4) is 0 Å². The molecule has 3 nitrogen and oxygen atoms in total. The Morgan fingerprint density at radius 3 is 1.95 bits per heavy atom. The third-order valence-corrected chi connectivity index (χ3v) is 3.75. The quantitative estimate of drug-likeness (QED) is 0.791. The van der Waals surface area contributed by atoms with E-state index < -0.39 is 0 Å². The molecule has 106 valence electrons. The number of amides is 1. The molecule has 2 aromatic rings. The van der Waals surface area contributed by atoms with Crippen molar-refractivity contribution < 1.29 is 4.79 Å². The lowest BCUT2D eigenvalue weighted by Crippen LogP contribution is -2.27. The molecule has 0 spiro atoms. The van der Waals surface area contributed by atoms with Gasteiger partial charge in [-0.1, -0.05) is 60.7 Å². The van der Waals surface area contributed by atoms with Crippen molar-refractivity contribution in [3.05, 3.63) is 71.8 Å². The van der Waals surface area contributed by atoms with Crippen LogP contribution in [0.3, 0.4) is 0 Å². The molecule has 1 heterocycles. The lowest BCUT2D eigenvalue weighted by molar-refractivity contribution is -0.128. The second-order valence-electron chi connectivity index (χ2n) is 5.31. The number of rotatable bonds is 3. The molecule has 0 saturated carbocycles. The van der Waals surface area contributed by atoms with E-state index in [-0.39, 0.29) is 11.9 Å². The number of carbonyl (C=O) groups is 1. The highest BCUT2D eigenvalue weighted by atomic mass is 16.2. The summed E-state index contributed by atoms with van der Waals surface area (Å²) >= 11 is 0. The van der Waals surface area contributed by atoms with E-state index in [9.17, 15) is 4.79 Å². The molecule has 1 unspecified atom stereocenters. The van der Waals surface area contributed by atoms with Crippen LogP contribution in [0.25, 0.3) is 0 Å². The van der Waals surface area contributed by atoms with Crippen LogP contribution in [0.4, 0.5) is 0 Å². The van der Waals surface area contributed by atoms with Gasteiger partial charge in [-0.25, -0.2) is 5.01 Å². The zero-order valence-electron chi connectivity index (χ0n) is 12.1. The lowest BCUT2D eigenvalue weighted by atomic mass is 10.0. The Balaban J connectivity index is 2.07. The highest BCUT2D eigenvalue weighted by Crippen LogP contribution is 2.21.